The number of methoxy groups -OCH3 is 1. The van der Waals surface area contributed by atoms with Gasteiger partial charge in [0.2, 0.25) is 0 Å². The number of nitrogens with zero attached hydrogens (tertiary/aromatic N) is 1. The van der Waals surface area contributed by atoms with Crippen LogP contribution in [0.25, 0.3) is 0 Å². The summed E-state index contributed by atoms with van der Waals surface area (Å²) >= 11 is 6.18. The number of aromatic nitrogens is 1. The zero-order chi connectivity index (χ0) is 11.5. The van der Waals surface area contributed by atoms with E-state index in [1.165, 1.54) is 11.1 Å². The van der Waals surface area contributed by atoms with Crippen molar-refractivity contribution in [1.82, 2.24) is 4.98 Å². The fraction of sp³-hybridized carbons (Fsp3) is 0.583. The van der Waals surface area contributed by atoms with Crippen molar-refractivity contribution >= 4 is 11.6 Å². The smallest absolute Gasteiger partial charge is 0.0624 e. The number of pyridine rings is 1. The second-order valence-corrected chi connectivity index (χ2v) is 4.77. The van der Waals surface area contributed by atoms with Gasteiger partial charge in [-0.15, -0.1) is 0 Å². The summed E-state index contributed by atoms with van der Waals surface area (Å²) in [4.78, 5) is 4.13. The Bertz CT molecular complexity index is 370. The molecule has 2 atom stereocenters. The molecule has 0 bridgehead atoms. The maximum Gasteiger partial charge on any atom is 0.0624 e. The molecule has 2 unspecified atom stereocenters. The maximum absolute atomic E-state index is 6.18. The lowest BCUT2D eigenvalue weighted by molar-refractivity contribution is 0.202. The SMILES string of the molecule is COCCc1cncc(Cl)c1CC1CC1N. The molecule has 1 aromatic rings. The van der Waals surface area contributed by atoms with Crippen molar-refractivity contribution in [2.24, 2.45) is 11.7 Å². The van der Waals surface area contributed by atoms with Gasteiger partial charge in [-0.05, 0) is 36.3 Å². The molecule has 1 heterocycles. The van der Waals surface area contributed by atoms with Gasteiger partial charge in [-0.2, -0.15) is 0 Å². The first kappa shape index (κ1) is 11.8. The second-order valence-electron chi connectivity index (χ2n) is 4.37. The summed E-state index contributed by atoms with van der Waals surface area (Å²) in [5.74, 6) is 0.598. The molecule has 0 spiro atoms. The molecule has 2 N–H and O–H groups in total. The van der Waals surface area contributed by atoms with Crippen LogP contribution in [0.5, 0.6) is 0 Å². The Kier molecular flexibility index (Phi) is 3.79. The molecule has 0 aromatic carbocycles. The molecule has 0 aliphatic heterocycles. The van der Waals surface area contributed by atoms with Gasteiger partial charge in [-0.1, -0.05) is 11.6 Å². The summed E-state index contributed by atoms with van der Waals surface area (Å²) in [6.45, 7) is 0.700. The van der Waals surface area contributed by atoms with E-state index in [1.54, 1.807) is 13.3 Å². The highest BCUT2D eigenvalue weighted by Crippen LogP contribution is 2.34. The zero-order valence-electron chi connectivity index (χ0n) is 9.45. The Morgan fingerprint density at radius 2 is 2.31 bits per heavy atom. The molecule has 1 aliphatic carbocycles. The molecule has 0 amide bonds. The summed E-state index contributed by atoms with van der Waals surface area (Å²) < 4.78 is 5.09. The minimum atomic E-state index is 0.361. The van der Waals surface area contributed by atoms with Crippen LogP contribution >= 0.6 is 11.6 Å². The van der Waals surface area contributed by atoms with E-state index in [9.17, 15) is 0 Å². The summed E-state index contributed by atoms with van der Waals surface area (Å²) in [7, 11) is 1.70. The Morgan fingerprint density at radius 3 is 2.94 bits per heavy atom. The highest BCUT2D eigenvalue weighted by molar-refractivity contribution is 6.31. The lowest BCUT2D eigenvalue weighted by Crippen LogP contribution is -2.07. The van der Waals surface area contributed by atoms with Crippen molar-refractivity contribution in [2.45, 2.75) is 25.3 Å². The highest BCUT2D eigenvalue weighted by atomic mass is 35.5. The van der Waals surface area contributed by atoms with E-state index in [-0.39, 0.29) is 0 Å². The third-order valence-electron chi connectivity index (χ3n) is 3.11. The highest BCUT2D eigenvalue weighted by Gasteiger charge is 2.34. The molecular weight excluding hydrogens is 224 g/mol. The van der Waals surface area contributed by atoms with Crippen LogP contribution in [0, 0.1) is 5.92 Å². The van der Waals surface area contributed by atoms with Crippen LogP contribution in [-0.4, -0.2) is 24.7 Å². The van der Waals surface area contributed by atoms with Crippen LogP contribution in [0.1, 0.15) is 17.5 Å². The van der Waals surface area contributed by atoms with E-state index in [0.29, 0.717) is 18.6 Å². The average Bonchev–Trinajstić information content (AvgIpc) is 2.95. The van der Waals surface area contributed by atoms with Crippen LogP contribution in [0.2, 0.25) is 5.02 Å². The standard InChI is InChI=1S/C12H17ClN2O/c1-16-3-2-8-6-15-7-11(13)10(8)4-9-5-12(9)14/h6-7,9,12H,2-5,14H2,1H3. The van der Waals surface area contributed by atoms with Gasteiger partial charge in [0.15, 0.2) is 0 Å². The molecule has 1 fully saturated rings. The molecular formula is C12H17ClN2O. The van der Waals surface area contributed by atoms with Crippen LogP contribution in [0.15, 0.2) is 12.4 Å². The van der Waals surface area contributed by atoms with Crippen molar-refractivity contribution in [3.8, 4) is 0 Å². The topological polar surface area (TPSA) is 48.1 Å². The number of halogens is 1. The quantitative estimate of drug-likeness (QED) is 0.854. The van der Waals surface area contributed by atoms with Crippen molar-refractivity contribution in [3.63, 3.8) is 0 Å². The van der Waals surface area contributed by atoms with Gasteiger partial charge in [0.25, 0.3) is 0 Å². The minimum Gasteiger partial charge on any atom is -0.384 e. The Balaban J connectivity index is 2.12. The van der Waals surface area contributed by atoms with Crippen LogP contribution in [-0.2, 0) is 17.6 Å². The van der Waals surface area contributed by atoms with Gasteiger partial charge in [-0.3, -0.25) is 4.98 Å². The molecule has 1 saturated carbocycles. The largest absolute Gasteiger partial charge is 0.384 e. The van der Waals surface area contributed by atoms with Gasteiger partial charge >= 0.3 is 0 Å². The number of hydrogen-bond donors (Lipinski definition) is 1. The number of nitrogens with two attached hydrogens (primary N) is 1. The molecule has 2 rings (SSSR count). The molecule has 88 valence electrons. The van der Waals surface area contributed by atoms with Gasteiger partial charge < -0.3 is 10.5 Å². The van der Waals surface area contributed by atoms with Gasteiger partial charge in [0.05, 0.1) is 11.6 Å². The van der Waals surface area contributed by atoms with Crippen molar-refractivity contribution in [1.29, 1.82) is 0 Å². The normalized spacial score (nSPS) is 23.4. The summed E-state index contributed by atoms with van der Waals surface area (Å²) in [6.07, 6.45) is 6.54. The number of hydrogen-bond acceptors (Lipinski definition) is 3. The lowest BCUT2D eigenvalue weighted by atomic mass is 10.0. The molecule has 0 radical (unpaired) electrons. The third kappa shape index (κ3) is 2.73. The summed E-state index contributed by atoms with van der Waals surface area (Å²) in [5, 5.41) is 0.757. The number of ether oxygens (including phenoxy) is 1. The van der Waals surface area contributed by atoms with E-state index in [4.69, 9.17) is 22.1 Å². The second kappa shape index (κ2) is 5.13. The summed E-state index contributed by atoms with van der Waals surface area (Å²) in [5.41, 5.74) is 8.22. The van der Waals surface area contributed by atoms with Crippen molar-refractivity contribution < 1.29 is 4.74 Å². The van der Waals surface area contributed by atoms with Crippen molar-refractivity contribution in [2.75, 3.05) is 13.7 Å². The van der Waals surface area contributed by atoms with Crippen LogP contribution < -0.4 is 5.73 Å². The molecule has 4 heteroatoms. The Hall–Kier alpha value is -0.640. The third-order valence-corrected chi connectivity index (χ3v) is 3.44. The fourth-order valence-corrected chi connectivity index (χ4v) is 2.18. The van der Waals surface area contributed by atoms with Gasteiger partial charge in [-0.25, -0.2) is 0 Å². The molecule has 0 saturated heterocycles. The van der Waals surface area contributed by atoms with Crippen LogP contribution in [0.4, 0.5) is 0 Å². The predicted octanol–water partition coefficient (Wildman–Crippen LogP) is 1.81. The van der Waals surface area contributed by atoms with E-state index in [1.807, 2.05) is 6.20 Å². The maximum atomic E-state index is 6.18. The van der Waals surface area contributed by atoms with E-state index in [0.717, 1.165) is 24.3 Å². The van der Waals surface area contributed by atoms with E-state index >= 15 is 0 Å². The fourth-order valence-electron chi connectivity index (χ4n) is 1.93. The predicted molar refractivity (Wildman–Crippen MR) is 64.6 cm³/mol. The minimum absolute atomic E-state index is 0.361. The Labute approximate surface area is 101 Å². The van der Waals surface area contributed by atoms with Gasteiger partial charge in [0, 0.05) is 25.5 Å². The monoisotopic (exact) mass is 240 g/mol. The van der Waals surface area contributed by atoms with Crippen molar-refractivity contribution in [3.05, 3.63) is 28.5 Å². The average molecular weight is 241 g/mol. The molecule has 16 heavy (non-hydrogen) atoms. The van der Waals surface area contributed by atoms with Gasteiger partial charge in [0.1, 0.15) is 0 Å². The molecule has 1 aromatic heterocycles. The van der Waals surface area contributed by atoms with E-state index in [2.05, 4.69) is 4.98 Å². The van der Waals surface area contributed by atoms with E-state index < -0.39 is 0 Å². The first-order chi connectivity index (χ1) is 7.72. The molecule has 1 aliphatic rings. The molecule has 3 nitrogen and oxygen atoms in total. The lowest BCUT2D eigenvalue weighted by Gasteiger charge is -2.10. The number of rotatable bonds is 5. The van der Waals surface area contributed by atoms with Crippen LogP contribution in [0.3, 0.4) is 0 Å². The summed E-state index contributed by atoms with van der Waals surface area (Å²) in [6, 6.07) is 0.361. The first-order valence-corrected chi connectivity index (χ1v) is 5.96. The Morgan fingerprint density at radius 1 is 1.56 bits per heavy atom. The zero-order valence-corrected chi connectivity index (χ0v) is 10.2. The first-order valence-electron chi connectivity index (χ1n) is 5.58.